The first-order valence-corrected chi connectivity index (χ1v) is 6.46. The second kappa shape index (κ2) is 7.37. The van der Waals surface area contributed by atoms with Gasteiger partial charge < -0.3 is 20.9 Å². The molecule has 6 heteroatoms. The van der Waals surface area contributed by atoms with Crippen LogP contribution in [0.1, 0.15) is 36.5 Å². The van der Waals surface area contributed by atoms with Crippen LogP contribution >= 0.6 is 0 Å². The number of rotatable bonds is 8. The van der Waals surface area contributed by atoms with E-state index in [2.05, 4.69) is 5.32 Å². The number of benzene rings is 1. The van der Waals surface area contributed by atoms with E-state index in [4.69, 9.17) is 10.5 Å². The minimum atomic E-state index is -0.773. The van der Waals surface area contributed by atoms with Crippen molar-refractivity contribution in [2.45, 2.75) is 26.2 Å². The third-order valence-electron chi connectivity index (χ3n) is 2.85. The molecule has 1 rings (SSSR count). The monoisotopic (exact) mass is 280 g/mol. The maximum atomic E-state index is 11.4. The zero-order valence-corrected chi connectivity index (χ0v) is 11.7. The number of amides is 1. The first kappa shape index (κ1) is 15.8. The minimum absolute atomic E-state index is 0.0719. The molecule has 0 aliphatic rings. The summed E-state index contributed by atoms with van der Waals surface area (Å²) in [5.41, 5.74) is 5.49. The molecule has 4 N–H and O–H groups in total. The number of nitrogens with two attached hydrogens (primary N) is 1. The third-order valence-corrected chi connectivity index (χ3v) is 2.85. The molecule has 0 aliphatic heterocycles. The molecule has 0 saturated heterocycles. The van der Waals surface area contributed by atoms with Gasteiger partial charge in [0.2, 0.25) is 0 Å². The quantitative estimate of drug-likeness (QED) is 0.629. The SMILES string of the molecule is CCCC(=O)CCNc1ccc(OC)c(C(N)=O)c1O. The van der Waals surface area contributed by atoms with Gasteiger partial charge in [-0.2, -0.15) is 0 Å². The molecular weight excluding hydrogens is 260 g/mol. The smallest absolute Gasteiger partial charge is 0.256 e. The summed E-state index contributed by atoms with van der Waals surface area (Å²) in [5, 5.41) is 12.9. The van der Waals surface area contributed by atoms with Crippen LogP contribution in [-0.4, -0.2) is 30.5 Å². The van der Waals surface area contributed by atoms with E-state index in [1.54, 1.807) is 6.07 Å². The Morgan fingerprint density at radius 2 is 2.05 bits per heavy atom. The highest BCUT2D eigenvalue weighted by atomic mass is 16.5. The lowest BCUT2D eigenvalue weighted by molar-refractivity contribution is -0.118. The van der Waals surface area contributed by atoms with Crippen molar-refractivity contribution in [3.8, 4) is 11.5 Å². The largest absolute Gasteiger partial charge is 0.505 e. The fourth-order valence-corrected chi connectivity index (χ4v) is 1.86. The number of hydrogen-bond donors (Lipinski definition) is 3. The zero-order chi connectivity index (χ0) is 15.1. The molecule has 1 aromatic carbocycles. The second-order valence-electron chi connectivity index (χ2n) is 4.37. The van der Waals surface area contributed by atoms with Crippen molar-refractivity contribution < 1.29 is 19.4 Å². The van der Waals surface area contributed by atoms with Crippen LogP contribution in [0.2, 0.25) is 0 Å². The number of carbonyl (C=O) groups excluding carboxylic acids is 2. The Morgan fingerprint density at radius 3 is 2.60 bits per heavy atom. The number of ether oxygens (including phenoxy) is 1. The highest BCUT2D eigenvalue weighted by Crippen LogP contribution is 2.34. The van der Waals surface area contributed by atoms with E-state index in [0.717, 1.165) is 6.42 Å². The maximum Gasteiger partial charge on any atom is 0.256 e. The fourth-order valence-electron chi connectivity index (χ4n) is 1.86. The molecule has 0 aromatic heterocycles. The summed E-state index contributed by atoms with van der Waals surface area (Å²) in [6, 6.07) is 3.11. The number of anilines is 1. The number of nitrogens with one attached hydrogen (secondary N) is 1. The highest BCUT2D eigenvalue weighted by Gasteiger charge is 2.18. The summed E-state index contributed by atoms with van der Waals surface area (Å²) >= 11 is 0. The molecule has 0 saturated carbocycles. The van der Waals surface area contributed by atoms with E-state index in [1.807, 2.05) is 6.92 Å². The summed E-state index contributed by atoms with van der Waals surface area (Å²) in [6.07, 6.45) is 1.73. The predicted octanol–water partition coefficient (Wildman–Crippen LogP) is 1.67. The molecule has 1 amide bonds. The van der Waals surface area contributed by atoms with Gasteiger partial charge >= 0.3 is 0 Å². The van der Waals surface area contributed by atoms with Crippen molar-refractivity contribution in [1.82, 2.24) is 0 Å². The van der Waals surface area contributed by atoms with Crippen LogP contribution in [0.15, 0.2) is 12.1 Å². The Bertz CT molecular complexity index is 500. The van der Waals surface area contributed by atoms with Crippen LogP contribution in [0, 0.1) is 0 Å². The number of methoxy groups -OCH3 is 1. The number of ketones is 1. The fraction of sp³-hybridized carbons (Fsp3) is 0.429. The number of aromatic hydroxyl groups is 1. The van der Waals surface area contributed by atoms with Gasteiger partial charge in [0.15, 0.2) is 5.75 Å². The normalized spacial score (nSPS) is 10.1. The first-order valence-electron chi connectivity index (χ1n) is 6.46. The van der Waals surface area contributed by atoms with E-state index in [0.29, 0.717) is 25.1 Å². The summed E-state index contributed by atoms with van der Waals surface area (Å²) in [4.78, 5) is 22.7. The number of primary amides is 1. The van der Waals surface area contributed by atoms with Gasteiger partial charge in [-0.25, -0.2) is 0 Å². The lowest BCUT2D eigenvalue weighted by Crippen LogP contribution is -2.14. The molecule has 6 nitrogen and oxygen atoms in total. The van der Waals surface area contributed by atoms with Crippen LogP contribution in [0.4, 0.5) is 5.69 Å². The summed E-state index contributed by atoms with van der Waals surface area (Å²) in [7, 11) is 1.39. The van der Waals surface area contributed by atoms with Gasteiger partial charge in [0.05, 0.1) is 12.8 Å². The Labute approximate surface area is 117 Å². The van der Waals surface area contributed by atoms with Gasteiger partial charge in [0.25, 0.3) is 5.91 Å². The van der Waals surface area contributed by atoms with Gasteiger partial charge in [-0.05, 0) is 18.6 Å². The van der Waals surface area contributed by atoms with Gasteiger partial charge in [-0.1, -0.05) is 6.92 Å². The highest BCUT2D eigenvalue weighted by molar-refractivity contribution is 6.00. The number of hydrogen-bond acceptors (Lipinski definition) is 5. The molecule has 0 aliphatic carbocycles. The molecular formula is C14H20N2O4. The van der Waals surface area contributed by atoms with Crippen molar-refractivity contribution in [2.24, 2.45) is 5.73 Å². The predicted molar refractivity (Wildman–Crippen MR) is 76.2 cm³/mol. The van der Waals surface area contributed by atoms with Gasteiger partial charge in [0.1, 0.15) is 17.1 Å². The molecule has 0 unspecified atom stereocenters. The molecule has 110 valence electrons. The number of Topliss-reactive ketones (excluding diaryl/α,β-unsaturated/α-hetero) is 1. The molecule has 0 spiro atoms. The van der Waals surface area contributed by atoms with Crippen LogP contribution in [0.5, 0.6) is 11.5 Å². The van der Waals surface area contributed by atoms with E-state index in [1.165, 1.54) is 13.2 Å². The molecule has 0 atom stereocenters. The average molecular weight is 280 g/mol. The Hall–Kier alpha value is -2.24. The second-order valence-corrected chi connectivity index (χ2v) is 4.37. The lowest BCUT2D eigenvalue weighted by atomic mass is 10.1. The van der Waals surface area contributed by atoms with Crippen LogP contribution in [-0.2, 0) is 4.79 Å². The minimum Gasteiger partial charge on any atom is -0.505 e. The van der Waals surface area contributed by atoms with Crippen molar-refractivity contribution in [3.05, 3.63) is 17.7 Å². The van der Waals surface area contributed by atoms with Crippen LogP contribution in [0.3, 0.4) is 0 Å². The molecule has 20 heavy (non-hydrogen) atoms. The van der Waals surface area contributed by atoms with Crippen LogP contribution in [0.25, 0.3) is 0 Å². The van der Waals surface area contributed by atoms with Crippen molar-refractivity contribution in [2.75, 3.05) is 19.0 Å². The van der Waals surface area contributed by atoms with Crippen LogP contribution < -0.4 is 15.8 Å². The van der Waals surface area contributed by atoms with Crippen molar-refractivity contribution in [3.63, 3.8) is 0 Å². The van der Waals surface area contributed by atoms with E-state index in [-0.39, 0.29) is 22.8 Å². The summed E-state index contributed by atoms with van der Waals surface area (Å²) in [5.74, 6) is -0.671. The molecule has 1 aromatic rings. The van der Waals surface area contributed by atoms with Crippen molar-refractivity contribution >= 4 is 17.4 Å². The van der Waals surface area contributed by atoms with E-state index >= 15 is 0 Å². The summed E-state index contributed by atoms with van der Waals surface area (Å²) in [6.45, 7) is 2.33. The molecule has 0 fully saturated rings. The number of carbonyl (C=O) groups is 2. The standard InChI is InChI=1S/C14H20N2O4/c1-3-4-9(17)7-8-16-10-5-6-11(20-2)12(13(10)18)14(15)19/h5-6,16,18H,3-4,7-8H2,1-2H3,(H2,15,19). The molecule has 0 heterocycles. The maximum absolute atomic E-state index is 11.4. The van der Waals surface area contributed by atoms with Gasteiger partial charge in [0, 0.05) is 19.4 Å². The van der Waals surface area contributed by atoms with Crippen molar-refractivity contribution in [1.29, 1.82) is 0 Å². The molecule has 0 radical (unpaired) electrons. The van der Waals surface area contributed by atoms with E-state index in [9.17, 15) is 14.7 Å². The Morgan fingerprint density at radius 1 is 1.35 bits per heavy atom. The number of phenols is 1. The molecule has 0 bridgehead atoms. The Kier molecular flexibility index (Phi) is 5.83. The third kappa shape index (κ3) is 3.88. The zero-order valence-electron chi connectivity index (χ0n) is 11.7. The Balaban J connectivity index is 2.79. The topological polar surface area (TPSA) is 102 Å². The summed E-state index contributed by atoms with van der Waals surface area (Å²) < 4.78 is 4.97. The van der Waals surface area contributed by atoms with Gasteiger partial charge in [-0.15, -0.1) is 0 Å². The van der Waals surface area contributed by atoms with Gasteiger partial charge in [-0.3, -0.25) is 9.59 Å². The van der Waals surface area contributed by atoms with E-state index < -0.39 is 5.91 Å². The lowest BCUT2D eigenvalue weighted by Gasteiger charge is -2.13. The first-order chi connectivity index (χ1) is 9.51. The average Bonchev–Trinajstić information content (AvgIpc) is 2.40.